The number of halogens is 2. The van der Waals surface area contributed by atoms with Crippen molar-refractivity contribution < 1.29 is 14.4 Å². The number of benzene rings is 1. The molecule has 0 unspecified atom stereocenters. The van der Waals surface area contributed by atoms with Gasteiger partial charge in [-0.05, 0) is 42.5 Å². The van der Waals surface area contributed by atoms with Crippen LogP contribution in [0.25, 0.3) is 6.08 Å². The van der Waals surface area contributed by atoms with Crippen LogP contribution in [0, 0.1) is 6.92 Å². The molecule has 2 heterocycles. The van der Waals surface area contributed by atoms with Gasteiger partial charge in [0.05, 0.1) is 4.91 Å². The van der Waals surface area contributed by atoms with Gasteiger partial charge in [0, 0.05) is 10.0 Å². The molecule has 1 aromatic carbocycles. The van der Waals surface area contributed by atoms with Crippen molar-refractivity contribution in [3.63, 3.8) is 0 Å². The van der Waals surface area contributed by atoms with Crippen LogP contribution in [0.4, 0.5) is 9.93 Å². The molecule has 0 bridgehead atoms. The van der Waals surface area contributed by atoms with Crippen LogP contribution in [0.15, 0.2) is 23.1 Å². The van der Waals surface area contributed by atoms with Crippen molar-refractivity contribution >= 4 is 74.6 Å². The number of aromatic nitrogens is 2. The quantitative estimate of drug-likeness (QED) is 0.743. The number of nitrogens with zero attached hydrogens (tertiary/aromatic N) is 3. The number of amides is 3. The number of carbonyl (C=O) groups is 3. The molecule has 26 heavy (non-hydrogen) atoms. The van der Waals surface area contributed by atoms with E-state index in [1.54, 1.807) is 19.1 Å². The third kappa shape index (κ3) is 4.24. The summed E-state index contributed by atoms with van der Waals surface area (Å²) in [6.07, 6.45) is 1.50. The second-order valence-corrected chi connectivity index (χ2v) is 8.13. The molecule has 1 aliphatic rings. The zero-order valence-electron chi connectivity index (χ0n) is 13.2. The lowest BCUT2D eigenvalue weighted by atomic mass is 10.2. The molecular formula is C15H10Cl2N4O3S2. The summed E-state index contributed by atoms with van der Waals surface area (Å²) in [5.74, 6) is -1.09. The number of rotatable bonds is 4. The number of nitrogens with one attached hydrogen (secondary N) is 1. The Morgan fingerprint density at radius 3 is 2.73 bits per heavy atom. The molecule has 2 aromatic rings. The van der Waals surface area contributed by atoms with E-state index in [-0.39, 0.29) is 4.91 Å². The molecule has 0 aliphatic carbocycles. The van der Waals surface area contributed by atoms with Crippen molar-refractivity contribution in [2.24, 2.45) is 0 Å². The molecule has 1 fully saturated rings. The van der Waals surface area contributed by atoms with E-state index in [1.165, 1.54) is 23.5 Å². The molecule has 134 valence electrons. The average molecular weight is 429 g/mol. The fourth-order valence-electron chi connectivity index (χ4n) is 2.05. The summed E-state index contributed by atoms with van der Waals surface area (Å²) < 4.78 is 0. The van der Waals surface area contributed by atoms with Gasteiger partial charge < -0.3 is 0 Å². The fourth-order valence-corrected chi connectivity index (χ4v) is 3.95. The Morgan fingerprint density at radius 2 is 2.08 bits per heavy atom. The van der Waals surface area contributed by atoms with Gasteiger partial charge in [-0.3, -0.25) is 24.6 Å². The first-order valence-corrected chi connectivity index (χ1v) is 9.53. The Labute approximate surface area is 166 Å². The minimum Gasteiger partial charge on any atom is -0.299 e. The van der Waals surface area contributed by atoms with Gasteiger partial charge >= 0.3 is 0 Å². The topological polar surface area (TPSA) is 92.3 Å². The van der Waals surface area contributed by atoms with E-state index in [2.05, 4.69) is 15.5 Å². The van der Waals surface area contributed by atoms with Gasteiger partial charge in [0.2, 0.25) is 11.0 Å². The maximum Gasteiger partial charge on any atom is 0.294 e. The number of imide groups is 1. The molecule has 0 atom stereocenters. The van der Waals surface area contributed by atoms with Crippen molar-refractivity contribution in [2.45, 2.75) is 6.92 Å². The molecule has 0 saturated carbocycles. The van der Waals surface area contributed by atoms with Gasteiger partial charge in [-0.15, -0.1) is 10.2 Å². The molecule has 1 aliphatic heterocycles. The van der Waals surface area contributed by atoms with Crippen LogP contribution in [-0.2, 0) is 9.59 Å². The number of thioether (sulfide) groups is 1. The number of carbonyl (C=O) groups excluding carboxylic acids is 3. The van der Waals surface area contributed by atoms with E-state index in [1.807, 2.05) is 0 Å². The van der Waals surface area contributed by atoms with Gasteiger partial charge in [0.25, 0.3) is 11.1 Å². The highest BCUT2D eigenvalue weighted by Crippen LogP contribution is 2.34. The summed E-state index contributed by atoms with van der Waals surface area (Å²) in [4.78, 5) is 37.6. The largest absolute Gasteiger partial charge is 0.299 e. The zero-order chi connectivity index (χ0) is 18.8. The first-order valence-electron chi connectivity index (χ1n) is 7.14. The second-order valence-electron chi connectivity index (χ2n) is 5.11. The molecule has 1 N–H and O–H groups in total. The summed E-state index contributed by atoms with van der Waals surface area (Å²) in [6.45, 7) is 1.34. The molecular weight excluding hydrogens is 419 g/mol. The summed E-state index contributed by atoms with van der Waals surface area (Å²) in [5.41, 5.74) is 0.551. The Balaban J connectivity index is 1.72. The SMILES string of the molecule is Cc1nnc(NC(=O)CN2C(=O)S/C(=C\c3ccc(Cl)cc3Cl)C2=O)s1. The van der Waals surface area contributed by atoms with Gasteiger partial charge in [-0.25, -0.2) is 0 Å². The lowest BCUT2D eigenvalue weighted by molar-refractivity contribution is -0.127. The van der Waals surface area contributed by atoms with Crippen LogP contribution in [0.3, 0.4) is 0 Å². The minimum atomic E-state index is -0.561. The number of hydrogen-bond donors (Lipinski definition) is 1. The summed E-state index contributed by atoms with van der Waals surface area (Å²) in [5, 5.41) is 11.3. The standard InChI is InChI=1S/C15H10Cl2N4O3S2/c1-7-19-20-14(25-7)18-12(22)6-21-13(23)11(26-15(21)24)4-8-2-3-9(16)5-10(8)17/h2-5H,6H2,1H3,(H,18,20,22)/b11-4-. The Bertz CT molecular complexity index is 945. The van der Waals surface area contributed by atoms with Crippen LogP contribution in [0.5, 0.6) is 0 Å². The van der Waals surface area contributed by atoms with E-state index in [9.17, 15) is 14.4 Å². The van der Waals surface area contributed by atoms with Crippen molar-refractivity contribution in [1.29, 1.82) is 0 Å². The maximum atomic E-state index is 12.4. The van der Waals surface area contributed by atoms with E-state index in [0.29, 0.717) is 25.7 Å². The van der Waals surface area contributed by atoms with E-state index in [4.69, 9.17) is 23.2 Å². The zero-order valence-corrected chi connectivity index (χ0v) is 16.3. The number of anilines is 1. The number of hydrogen-bond acceptors (Lipinski definition) is 7. The van der Waals surface area contributed by atoms with E-state index in [0.717, 1.165) is 16.7 Å². The highest BCUT2D eigenvalue weighted by atomic mass is 35.5. The maximum absolute atomic E-state index is 12.4. The van der Waals surface area contributed by atoms with Crippen molar-refractivity contribution in [2.75, 3.05) is 11.9 Å². The fraction of sp³-hybridized carbons (Fsp3) is 0.133. The lowest BCUT2D eigenvalue weighted by Gasteiger charge is -2.11. The van der Waals surface area contributed by atoms with Gasteiger partial charge in [-0.2, -0.15) is 0 Å². The molecule has 0 radical (unpaired) electrons. The average Bonchev–Trinajstić information content (AvgIpc) is 3.08. The minimum absolute atomic E-state index is 0.179. The first-order chi connectivity index (χ1) is 12.3. The monoisotopic (exact) mass is 428 g/mol. The third-order valence-corrected chi connectivity index (χ3v) is 5.42. The predicted molar refractivity (Wildman–Crippen MR) is 102 cm³/mol. The Kier molecular flexibility index (Phi) is 5.61. The van der Waals surface area contributed by atoms with Crippen LogP contribution in [-0.4, -0.2) is 38.7 Å². The van der Waals surface area contributed by atoms with Crippen molar-refractivity contribution in [3.8, 4) is 0 Å². The van der Waals surface area contributed by atoms with Crippen LogP contribution in [0.2, 0.25) is 10.0 Å². The second kappa shape index (κ2) is 7.75. The normalized spacial score (nSPS) is 15.8. The summed E-state index contributed by atoms with van der Waals surface area (Å²) in [6, 6.07) is 4.81. The van der Waals surface area contributed by atoms with Crippen LogP contribution >= 0.6 is 46.3 Å². The summed E-state index contributed by atoms with van der Waals surface area (Å²) in [7, 11) is 0. The third-order valence-electron chi connectivity index (χ3n) is 3.20. The van der Waals surface area contributed by atoms with E-state index >= 15 is 0 Å². The molecule has 1 saturated heterocycles. The van der Waals surface area contributed by atoms with Crippen LogP contribution < -0.4 is 5.32 Å². The smallest absolute Gasteiger partial charge is 0.294 e. The molecule has 11 heteroatoms. The van der Waals surface area contributed by atoms with Crippen molar-refractivity contribution in [1.82, 2.24) is 15.1 Å². The van der Waals surface area contributed by atoms with Crippen LogP contribution in [0.1, 0.15) is 10.6 Å². The highest BCUT2D eigenvalue weighted by molar-refractivity contribution is 8.18. The first kappa shape index (κ1) is 18.8. The molecule has 3 amide bonds. The molecule has 1 aromatic heterocycles. The highest BCUT2D eigenvalue weighted by Gasteiger charge is 2.36. The van der Waals surface area contributed by atoms with E-state index < -0.39 is 23.6 Å². The van der Waals surface area contributed by atoms with Gasteiger partial charge in [0.1, 0.15) is 11.6 Å². The lowest BCUT2D eigenvalue weighted by Crippen LogP contribution is -2.36. The molecule has 0 spiro atoms. The molecule has 7 nitrogen and oxygen atoms in total. The predicted octanol–water partition coefficient (Wildman–Crippen LogP) is 3.83. The van der Waals surface area contributed by atoms with Gasteiger partial charge in [0.15, 0.2) is 0 Å². The summed E-state index contributed by atoms with van der Waals surface area (Å²) >= 11 is 13.9. The van der Waals surface area contributed by atoms with Gasteiger partial charge in [-0.1, -0.05) is 40.6 Å². The number of aryl methyl sites for hydroxylation is 1. The Morgan fingerprint density at radius 1 is 1.31 bits per heavy atom. The Hall–Kier alpha value is -1.94. The van der Waals surface area contributed by atoms with Crippen molar-refractivity contribution in [3.05, 3.63) is 43.7 Å². The molecule has 3 rings (SSSR count).